The van der Waals surface area contributed by atoms with E-state index in [1.807, 2.05) is 91.0 Å². The predicted molar refractivity (Wildman–Crippen MR) is 178 cm³/mol. The molecule has 0 saturated heterocycles. The molecule has 0 aromatic heterocycles. The summed E-state index contributed by atoms with van der Waals surface area (Å²) in [7, 11) is 0. The van der Waals surface area contributed by atoms with E-state index in [4.69, 9.17) is 21.5 Å². The van der Waals surface area contributed by atoms with Crippen molar-refractivity contribution in [2.45, 2.75) is 13.0 Å². The van der Waals surface area contributed by atoms with Crippen LogP contribution in [0.25, 0.3) is 27.2 Å². The molecule has 0 aliphatic rings. The van der Waals surface area contributed by atoms with Crippen molar-refractivity contribution in [1.29, 1.82) is 0 Å². The molecule has 0 saturated carbocycles. The second-order valence-electron chi connectivity index (χ2n) is 10.1. The first-order valence-corrected chi connectivity index (χ1v) is 14.1. The largest absolute Gasteiger partial charge is 0.398 e. The van der Waals surface area contributed by atoms with Gasteiger partial charge < -0.3 is 11.5 Å². The van der Waals surface area contributed by atoms with E-state index in [2.05, 4.69) is 54.6 Å². The smallest absolute Gasteiger partial charge is 0.157 e. The molecule has 42 heavy (non-hydrogen) atoms. The van der Waals surface area contributed by atoms with Crippen LogP contribution in [0.5, 0.6) is 0 Å². The maximum atomic E-state index is 6.56. The van der Waals surface area contributed by atoms with Crippen molar-refractivity contribution in [3.05, 3.63) is 173 Å². The van der Waals surface area contributed by atoms with E-state index in [1.54, 1.807) is 0 Å². The van der Waals surface area contributed by atoms with Crippen LogP contribution in [0.3, 0.4) is 0 Å². The molecule has 0 fully saturated rings. The first-order valence-electron chi connectivity index (χ1n) is 14.1. The highest BCUT2D eigenvalue weighted by Crippen LogP contribution is 2.34. The van der Waals surface area contributed by atoms with Gasteiger partial charge in [-0.1, -0.05) is 146 Å². The quantitative estimate of drug-likeness (QED) is 0.122. The van der Waals surface area contributed by atoms with Crippen LogP contribution < -0.4 is 11.5 Å². The minimum absolute atomic E-state index is 0.431. The fourth-order valence-electron chi connectivity index (χ4n) is 5.38. The van der Waals surface area contributed by atoms with Gasteiger partial charge in [0.05, 0.1) is 6.54 Å². The predicted octanol–water partition coefficient (Wildman–Crippen LogP) is 7.89. The van der Waals surface area contributed by atoms with Gasteiger partial charge in [0, 0.05) is 16.8 Å². The monoisotopic (exact) mass is 544 g/mol. The lowest BCUT2D eigenvalue weighted by Crippen LogP contribution is -2.16. The Morgan fingerprint density at radius 2 is 0.952 bits per heavy atom. The van der Waals surface area contributed by atoms with Crippen LogP contribution in [0.2, 0.25) is 0 Å². The van der Waals surface area contributed by atoms with E-state index >= 15 is 0 Å². The number of fused-ring (bicyclic) bond motifs is 3. The van der Waals surface area contributed by atoms with Crippen molar-refractivity contribution in [3.8, 4) is 0 Å². The number of rotatable bonds is 7. The zero-order chi connectivity index (χ0) is 28.7. The minimum Gasteiger partial charge on any atom is -0.398 e. The van der Waals surface area contributed by atoms with Gasteiger partial charge in [-0.3, -0.25) is 4.99 Å². The van der Waals surface area contributed by atoms with Gasteiger partial charge in [0.25, 0.3) is 0 Å². The van der Waals surface area contributed by atoms with Gasteiger partial charge in [-0.25, -0.2) is 4.99 Å². The number of aliphatic imine (C=N–C) groups is 2. The Morgan fingerprint density at radius 3 is 1.52 bits per heavy atom. The summed E-state index contributed by atoms with van der Waals surface area (Å²) in [6.07, 6.45) is 2.79. The number of benzene rings is 6. The zero-order valence-corrected chi connectivity index (χ0v) is 23.3. The molecule has 4 N–H and O–H groups in total. The topological polar surface area (TPSA) is 76.8 Å². The summed E-state index contributed by atoms with van der Waals surface area (Å²) < 4.78 is 0. The van der Waals surface area contributed by atoms with Gasteiger partial charge in [-0.05, 0) is 44.7 Å². The maximum Gasteiger partial charge on any atom is 0.157 e. The van der Waals surface area contributed by atoms with Gasteiger partial charge in [-0.15, -0.1) is 0 Å². The van der Waals surface area contributed by atoms with E-state index in [9.17, 15) is 0 Å². The fourth-order valence-corrected chi connectivity index (χ4v) is 5.38. The molecule has 6 aromatic carbocycles. The Labute approximate surface area is 246 Å². The van der Waals surface area contributed by atoms with Crippen molar-refractivity contribution in [2.24, 2.45) is 21.5 Å². The second-order valence-corrected chi connectivity index (χ2v) is 10.1. The summed E-state index contributed by atoms with van der Waals surface area (Å²) in [4.78, 5) is 9.96. The normalized spacial score (nSPS) is 12.6. The Bertz CT molecular complexity index is 1920. The van der Waals surface area contributed by atoms with Crippen molar-refractivity contribution in [2.75, 3.05) is 0 Å². The van der Waals surface area contributed by atoms with Crippen molar-refractivity contribution in [1.82, 2.24) is 0 Å². The van der Waals surface area contributed by atoms with E-state index in [0.717, 1.165) is 28.0 Å². The number of allylic oxidation sites excluding steroid dienone is 1. The summed E-state index contributed by atoms with van der Waals surface area (Å²) in [5.74, 6) is 1.03. The lowest BCUT2D eigenvalue weighted by Gasteiger charge is -2.16. The Kier molecular flexibility index (Phi) is 7.87. The molecular weight excluding hydrogens is 512 g/mol. The highest BCUT2D eigenvalue weighted by Gasteiger charge is 2.15. The van der Waals surface area contributed by atoms with E-state index in [0.29, 0.717) is 24.6 Å². The minimum atomic E-state index is 0.431. The molecule has 4 heteroatoms. The van der Waals surface area contributed by atoms with E-state index in [-0.39, 0.29) is 0 Å². The van der Waals surface area contributed by atoms with E-state index in [1.165, 1.54) is 27.1 Å². The summed E-state index contributed by atoms with van der Waals surface area (Å²) in [6, 6.07) is 47.0. The Morgan fingerprint density at radius 1 is 0.500 bits per heavy atom. The third-order valence-electron chi connectivity index (χ3n) is 7.51. The molecule has 204 valence electrons. The van der Waals surface area contributed by atoms with Crippen LogP contribution in [0, 0.1) is 0 Å². The summed E-state index contributed by atoms with van der Waals surface area (Å²) in [5, 5.41) is 4.80. The number of hydrogen-bond donors (Lipinski definition) is 2. The lowest BCUT2D eigenvalue weighted by atomic mass is 9.89. The van der Waals surface area contributed by atoms with Gasteiger partial charge in [-0.2, -0.15) is 0 Å². The third-order valence-corrected chi connectivity index (χ3v) is 7.51. The van der Waals surface area contributed by atoms with Gasteiger partial charge in [0.15, 0.2) is 5.84 Å². The summed E-state index contributed by atoms with van der Waals surface area (Å²) in [5.41, 5.74) is 18.9. The van der Waals surface area contributed by atoms with Gasteiger partial charge >= 0.3 is 0 Å². The molecule has 0 atom stereocenters. The first kappa shape index (κ1) is 26.7. The van der Waals surface area contributed by atoms with Crippen LogP contribution in [-0.4, -0.2) is 11.7 Å². The first-order chi connectivity index (χ1) is 20.7. The number of hydrogen-bond acceptors (Lipinski definition) is 2. The molecule has 0 aliphatic heterocycles. The average molecular weight is 545 g/mol. The molecule has 0 radical (unpaired) electrons. The molecule has 0 unspecified atom stereocenters. The number of nitrogens with two attached hydrogens (primary N) is 2. The standard InChI is InChI=1S/C38H32N4/c39-36(27-14-4-1-5-15-27)25-24-34-32-22-11-10-20-30(32)31-21-12-13-23-33(31)35(34)26-41-38(29-18-8-3-9-19-29)42-37(40)28-16-6-2-7-17-28/h1-23,25H,24,26,39H2,(H2,40,41,42)/b36-25-. The van der Waals surface area contributed by atoms with Crippen LogP contribution >= 0.6 is 0 Å². The lowest BCUT2D eigenvalue weighted by molar-refractivity contribution is 1.04. The van der Waals surface area contributed by atoms with Crippen molar-refractivity contribution in [3.63, 3.8) is 0 Å². The molecule has 0 amide bonds. The SMILES string of the molecule is N/C(=C\Cc1c(C/N=C(\N=C(/N)c2ccccc2)c2ccccc2)c2ccccc2c2ccccc12)c1ccccc1. The molecular formula is C38H32N4. The van der Waals surface area contributed by atoms with Crippen LogP contribution in [-0.2, 0) is 13.0 Å². The maximum absolute atomic E-state index is 6.56. The molecule has 6 aromatic rings. The zero-order valence-electron chi connectivity index (χ0n) is 23.3. The van der Waals surface area contributed by atoms with Crippen molar-refractivity contribution >= 4 is 38.9 Å². The van der Waals surface area contributed by atoms with Crippen LogP contribution in [0.1, 0.15) is 27.8 Å². The molecule has 0 heterocycles. The Hall–Kier alpha value is -5.48. The molecule has 0 aliphatic carbocycles. The van der Waals surface area contributed by atoms with Crippen LogP contribution in [0.15, 0.2) is 156 Å². The van der Waals surface area contributed by atoms with E-state index < -0.39 is 0 Å². The number of amidine groups is 2. The Balaban J connectivity index is 1.51. The highest BCUT2D eigenvalue weighted by molar-refractivity contribution is 6.12. The molecule has 0 bridgehead atoms. The average Bonchev–Trinajstić information content (AvgIpc) is 3.06. The molecule has 6 rings (SSSR count). The second kappa shape index (κ2) is 12.4. The highest BCUT2D eigenvalue weighted by atomic mass is 15.0. The van der Waals surface area contributed by atoms with Crippen LogP contribution in [0.4, 0.5) is 0 Å². The third kappa shape index (κ3) is 5.70. The fraction of sp³-hybridized carbons (Fsp3) is 0.0526. The summed E-state index contributed by atoms with van der Waals surface area (Å²) >= 11 is 0. The molecule has 0 spiro atoms. The summed E-state index contributed by atoms with van der Waals surface area (Å²) in [6.45, 7) is 0.440. The van der Waals surface area contributed by atoms with Gasteiger partial charge in [0.1, 0.15) is 5.84 Å². The van der Waals surface area contributed by atoms with Crippen molar-refractivity contribution < 1.29 is 0 Å². The molecule has 4 nitrogen and oxygen atoms in total. The van der Waals surface area contributed by atoms with Gasteiger partial charge in [0.2, 0.25) is 0 Å². The number of nitrogens with zero attached hydrogens (tertiary/aromatic N) is 2.